The van der Waals surface area contributed by atoms with Crippen molar-refractivity contribution in [3.8, 4) is 0 Å². The van der Waals surface area contributed by atoms with Gasteiger partial charge in [-0.3, -0.25) is 4.68 Å². The number of hydrogen-bond donors (Lipinski definition) is 1. The van der Waals surface area contributed by atoms with Gasteiger partial charge >= 0.3 is 0 Å². The third-order valence-corrected chi connectivity index (χ3v) is 4.95. The summed E-state index contributed by atoms with van der Waals surface area (Å²) in [5.74, 6) is -0.764. The Morgan fingerprint density at radius 1 is 1.00 bits per heavy atom. The fourth-order valence-electron chi connectivity index (χ4n) is 2.26. The summed E-state index contributed by atoms with van der Waals surface area (Å²) in [5, 5.41) is 4.13. The largest absolute Gasteiger partial charge is 0.268 e. The van der Waals surface area contributed by atoms with Gasteiger partial charge in [-0.2, -0.15) is 5.10 Å². The minimum Gasteiger partial charge on any atom is -0.268 e. The van der Waals surface area contributed by atoms with E-state index in [0.717, 1.165) is 17.2 Å². The molecular weight excluding hydrogens is 329 g/mol. The predicted molar refractivity (Wildman–Crippen MR) is 88.2 cm³/mol. The molecule has 3 aromatic rings. The van der Waals surface area contributed by atoms with Crippen molar-refractivity contribution in [2.75, 3.05) is 0 Å². The lowest BCUT2D eigenvalue weighted by Crippen LogP contribution is -2.24. The first-order chi connectivity index (χ1) is 11.5. The van der Waals surface area contributed by atoms with E-state index in [1.54, 1.807) is 10.9 Å². The molecule has 2 aromatic carbocycles. The number of aromatic nitrogens is 2. The Balaban J connectivity index is 1.65. The van der Waals surface area contributed by atoms with Crippen LogP contribution in [0.25, 0.3) is 0 Å². The van der Waals surface area contributed by atoms with E-state index in [2.05, 4.69) is 9.82 Å². The van der Waals surface area contributed by atoms with Gasteiger partial charge < -0.3 is 0 Å². The summed E-state index contributed by atoms with van der Waals surface area (Å²) in [5.41, 5.74) is 1.85. The molecule has 24 heavy (non-hydrogen) atoms. The fraction of sp³-hybridized carbons (Fsp3) is 0.118. The predicted octanol–water partition coefficient (Wildman–Crippen LogP) is 2.55. The number of benzene rings is 2. The fourth-order valence-corrected chi connectivity index (χ4v) is 3.36. The Hall–Kier alpha value is -2.51. The van der Waals surface area contributed by atoms with E-state index in [9.17, 15) is 12.8 Å². The lowest BCUT2D eigenvalue weighted by molar-refractivity contribution is 0.557. The van der Waals surface area contributed by atoms with Crippen LogP contribution in [0.2, 0.25) is 0 Å². The van der Waals surface area contributed by atoms with Crippen LogP contribution in [0.1, 0.15) is 11.1 Å². The maximum Gasteiger partial charge on any atom is 0.243 e. The zero-order chi connectivity index (χ0) is 17.0. The summed E-state index contributed by atoms with van der Waals surface area (Å²) >= 11 is 0. The van der Waals surface area contributed by atoms with Gasteiger partial charge in [0.25, 0.3) is 0 Å². The number of nitrogens with one attached hydrogen (secondary N) is 1. The zero-order valence-corrected chi connectivity index (χ0v) is 13.6. The van der Waals surface area contributed by atoms with E-state index in [0.29, 0.717) is 6.54 Å². The van der Waals surface area contributed by atoms with E-state index in [1.807, 2.05) is 36.5 Å². The van der Waals surface area contributed by atoms with Crippen LogP contribution in [0, 0.1) is 5.82 Å². The molecule has 0 fully saturated rings. The van der Waals surface area contributed by atoms with Crippen molar-refractivity contribution >= 4 is 10.0 Å². The Morgan fingerprint density at radius 2 is 1.71 bits per heavy atom. The molecule has 0 aliphatic heterocycles. The van der Waals surface area contributed by atoms with Crippen LogP contribution in [0.5, 0.6) is 0 Å². The first kappa shape index (κ1) is 16.4. The molecule has 1 aromatic heterocycles. The van der Waals surface area contributed by atoms with E-state index >= 15 is 0 Å². The molecule has 0 aliphatic rings. The van der Waals surface area contributed by atoms with Gasteiger partial charge in [-0.15, -0.1) is 0 Å². The molecule has 0 saturated carbocycles. The van der Waals surface area contributed by atoms with E-state index in [-0.39, 0.29) is 11.4 Å². The van der Waals surface area contributed by atoms with Gasteiger partial charge in [-0.1, -0.05) is 36.4 Å². The molecule has 0 amide bonds. The summed E-state index contributed by atoms with van der Waals surface area (Å²) in [4.78, 5) is -0.347. The molecule has 1 N–H and O–H groups in total. The molecule has 0 atom stereocenters. The maximum absolute atomic E-state index is 13.6. The van der Waals surface area contributed by atoms with Gasteiger partial charge in [0.05, 0.1) is 6.54 Å². The van der Waals surface area contributed by atoms with Crippen molar-refractivity contribution in [1.82, 2.24) is 14.5 Å². The molecule has 0 unspecified atom stereocenters. The van der Waals surface area contributed by atoms with Gasteiger partial charge in [0.15, 0.2) is 0 Å². The van der Waals surface area contributed by atoms with E-state index in [1.165, 1.54) is 18.2 Å². The summed E-state index contributed by atoms with van der Waals surface area (Å²) < 4.78 is 42.1. The Morgan fingerprint density at radius 3 is 2.38 bits per heavy atom. The SMILES string of the molecule is O=S(=O)(NCc1ccc(Cn2cccn2)cc1)c1ccccc1F. The molecule has 3 rings (SSSR count). The molecule has 5 nitrogen and oxygen atoms in total. The minimum atomic E-state index is -3.88. The molecule has 7 heteroatoms. The highest BCUT2D eigenvalue weighted by Gasteiger charge is 2.17. The van der Waals surface area contributed by atoms with Gasteiger partial charge in [-0.05, 0) is 29.3 Å². The molecule has 0 bridgehead atoms. The summed E-state index contributed by atoms with van der Waals surface area (Å²) in [7, 11) is -3.88. The van der Waals surface area contributed by atoms with Crippen LogP contribution in [0.15, 0.2) is 71.9 Å². The number of sulfonamides is 1. The standard InChI is InChI=1S/C17H16FN3O2S/c18-16-4-1-2-5-17(16)24(22,23)20-12-14-6-8-15(9-7-14)13-21-11-3-10-19-21/h1-11,20H,12-13H2. The van der Waals surface area contributed by atoms with E-state index in [4.69, 9.17) is 0 Å². The zero-order valence-electron chi connectivity index (χ0n) is 12.8. The highest BCUT2D eigenvalue weighted by Crippen LogP contribution is 2.14. The van der Waals surface area contributed by atoms with Crippen LogP contribution >= 0.6 is 0 Å². The van der Waals surface area contributed by atoms with Crippen molar-refractivity contribution in [3.05, 3.63) is 83.9 Å². The number of halogens is 1. The normalized spacial score (nSPS) is 11.5. The van der Waals surface area contributed by atoms with Gasteiger partial charge in [0.2, 0.25) is 10.0 Å². The second kappa shape index (κ2) is 6.94. The number of rotatable bonds is 6. The van der Waals surface area contributed by atoms with Gasteiger partial charge in [-0.25, -0.2) is 17.5 Å². The monoisotopic (exact) mass is 345 g/mol. The van der Waals surface area contributed by atoms with Gasteiger partial charge in [0.1, 0.15) is 10.7 Å². The van der Waals surface area contributed by atoms with Crippen LogP contribution in [-0.2, 0) is 23.1 Å². The Kier molecular flexibility index (Phi) is 4.73. The number of nitrogens with zero attached hydrogens (tertiary/aromatic N) is 2. The highest BCUT2D eigenvalue weighted by molar-refractivity contribution is 7.89. The highest BCUT2D eigenvalue weighted by atomic mass is 32.2. The van der Waals surface area contributed by atoms with Crippen LogP contribution in [0.4, 0.5) is 4.39 Å². The average molecular weight is 345 g/mol. The first-order valence-corrected chi connectivity index (χ1v) is 8.82. The third kappa shape index (κ3) is 3.87. The minimum absolute atomic E-state index is 0.0959. The topological polar surface area (TPSA) is 64.0 Å². The van der Waals surface area contributed by atoms with Crippen LogP contribution < -0.4 is 4.72 Å². The summed E-state index contributed by atoms with van der Waals surface area (Å²) in [6, 6.07) is 14.7. The van der Waals surface area contributed by atoms with Gasteiger partial charge in [0, 0.05) is 18.9 Å². The first-order valence-electron chi connectivity index (χ1n) is 7.34. The molecule has 0 saturated heterocycles. The smallest absolute Gasteiger partial charge is 0.243 e. The Bertz CT molecular complexity index is 907. The second-order valence-electron chi connectivity index (χ2n) is 5.28. The molecule has 124 valence electrons. The van der Waals surface area contributed by atoms with E-state index < -0.39 is 15.8 Å². The average Bonchev–Trinajstić information content (AvgIpc) is 3.07. The molecule has 1 heterocycles. The van der Waals surface area contributed by atoms with Crippen molar-refractivity contribution in [1.29, 1.82) is 0 Å². The molecular formula is C17H16FN3O2S. The van der Waals surface area contributed by atoms with Crippen molar-refractivity contribution < 1.29 is 12.8 Å². The quantitative estimate of drug-likeness (QED) is 0.747. The third-order valence-electron chi connectivity index (χ3n) is 3.52. The summed E-state index contributed by atoms with van der Waals surface area (Å²) in [6.07, 6.45) is 3.59. The molecule has 0 radical (unpaired) electrons. The molecule has 0 spiro atoms. The van der Waals surface area contributed by atoms with Crippen LogP contribution in [0.3, 0.4) is 0 Å². The molecule has 0 aliphatic carbocycles. The van der Waals surface area contributed by atoms with Crippen LogP contribution in [-0.4, -0.2) is 18.2 Å². The van der Waals surface area contributed by atoms with Crippen molar-refractivity contribution in [3.63, 3.8) is 0 Å². The van der Waals surface area contributed by atoms with Crippen molar-refractivity contribution in [2.45, 2.75) is 18.0 Å². The second-order valence-corrected chi connectivity index (χ2v) is 7.01. The summed E-state index contributed by atoms with van der Waals surface area (Å²) in [6.45, 7) is 0.743. The lowest BCUT2D eigenvalue weighted by atomic mass is 10.1. The Labute approximate surface area is 139 Å². The lowest BCUT2D eigenvalue weighted by Gasteiger charge is -2.08. The van der Waals surface area contributed by atoms with Crippen molar-refractivity contribution in [2.24, 2.45) is 0 Å². The number of hydrogen-bond acceptors (Lipinski definition) is 3. The maximum atomic E-state index is 13.6.